The van der Waals surface area contributed by atoms with Crippen LogP contribution in [0.3, 0.4) is 0 Å². The second-order valence-corrected chi connectivity index (χ2v) is 7.84. The Morgan fingerprint density at radius 1 is 1.19 bits per heavy atom. The molecule has 0 saturated carbocycles. The van der Waals surface area contributed by atoms with Crippen LogP contribution in [0, 0.1) is 0 Å². The summed E-state index contributed by atoms with van der Waals surface area (Å²) in [7, 11) is -3.67. The van der Waals surface area contributed by atoms with Crippen LogP contribution in [0.25, 0.3) is 10.9 Å². The van der Waals surface area contributed by atoms with Gasteiger partial charge < -0.3 is 5.32 Å². The number of rotatable bonds is 3. The number of hydrogen-bond acceptors (Lipinski definition) is 5. The van der Waals surface area contributed by atoms with Crippen molar-refractivity contribution in [2.24, 2.45) is 0 Å². The van der Waals surface area contributed by atoms with Gasteiger partial charge >= 0.3 is 0 Å². The molecule has 1 aliphatic rings. The SMILES string of the molecule is O=C(Nc1ccc2cn[nH]c2c1)c1cccc(N2C(=O)CCS2(=O)=O)c1. The van der Waals surface area contributed by atoms with Crippen molar-refractivity contribution in [2.45, 2.75) is 6.42 Å². The number of sulfonamides is 1. The summed E-state index contributed by atoms with van der Waals surface area (Å²) in [6.07, 6.45) is 1.63. The third-order valence-electron chi connectivity index (χ3n) is 4.12. The zero-order valence-corrected chi connectivity index (χ0v) is 14.3. The van der Waals surface area contributed by atoms with Gasteiger partial charge in [0.25, 0.3) is 5.91 Å². The van der Waals surface area contributed by atoms with Crippen molar-refractivity contribution in [3.63, 3.8) is 0 Å². The Balaban J connectivity index is 1.61. The maximum atomic E-state index is 12.5. The minimum Gasteiger partial charge on any atom is -0.322 e. The Hall–Kier alpha value is -3.20. The van der Waals surface area contributed by atoms with E-state index in [2.05, 4.69) is 15.5 Å². The van der Waals surface area contributed by atoms with Crippen molar-refractivity contribution in [2.75, 3.05) is 15.4 Å². The van der Waals surface area contributed by atoms with E-state index in [0.29, 0.717) is 5.69 Å². The molecular formula is C17H14N4O4S. The molecule has 3 aromatic rings. The highest BCUT2D eigenvalue weighted by Gasteiger charge is 2.36. The van der Waals surface area contributed by atoms with Crippen LogP contribution in [0.2, 0.25) is 0 Å². The predicted octanol–water partition coefficient (Wildman–Crippen LogP) is 1.88. The van der Waals surface area contributed by atoms with Crippen molar-refractivity contribution in [1.82, 2.24) is 10.2 Å². The van der Waals surface area contributed by atoms with Crippen LogP contribution in [-0.2, 0) is 14.8 Å². The van der Waals surface area contributed by atoms with Gasteiger partial charge in [0.05, 0.1) is 23.2 Å². The van der Waals surface area contributed by atoms with E-state index < -0.39 is 21.8 Å². The van der Waals surface area contributed by atoms with Gasteiger partial charge in [0.15, 0.2) is 0 Å². The summed E-state index contributed by atoms with van der Waals surface area (Å²) in [4.78, 5) is 24.4. The molecule has 2 N–H and O–H groups in total. The van der Waals surface area contributed by atoms with Gasteiger partial charge in [-0.15, -0.1) is 0 Å². The maximum Gasteiger partial charge on any atom is 0.255 e. The summed E-state index contributed by atoms with van der Waals surface area (Å²) in [6, 6.07) is 11.3. The molecule has 1 saturated heterocycles. The van der Waals surface area contributed by atoms with Crippen LogP contribution < -0.4 is 9.62 Å². The number of aromatic nitrogens is 2. The van der Waals surface area contributed by atoms with Gasteiger partial charge in [-0.25, -0.2) is 12.7 Å². The molecule has 0 aliphatic carbocycles. The van der Waals surface area contributed by atoms with Gasteiger partial charge in [-0.05, 0) is 36.4 Å². The zero-order chi connectivity index (χ0) is 18.3. The molecule has 9 heteroatoms. The Bertz CT molecular complexity index is 1140. The van der Waals surface area contributed by atoms with E-state index in [1.165, 1.54) is 12.1 Å². The van der Waals surface area contributed by atoms with E-state index in [-0.39, 0.29) is 23.4 Å². The summed E-state index contributed by atoms with van der Waals surface area (Å²) < 4.78 is 24.8. The van der Waals surface area contributed by atoms with Gasteiger partial charge in [-0.3, -0.25) is 14.7 Å². The molecule has 1 aromatic heterocycles. The van der Waals surface area contributed by atoms with Crippen molar-refractivity contribution in [3.05, 3.63) is 54.2 Å². The number of nitrogens with one attached hydrogen (secondary N) is 2. The van der Waals surface area contributed by atoms with Crippen LogP contribution in [0.1, 0.15) is 16.8 Å². The lowest BCUT2D eigenvalue weighted by Gasteiger charge is -2.15. The molecule has 4 rings (SSSR count). The minimum absolute atomic E-state index is 0.0526. The summed E-state index contributed by atoms with van der Waals surface area (Å²) >= 11 is 0. The van der Waals surface area contributed by atoms with Crippen molar-refractivity contribution in [3.8, 4) is 0 Å². The van der Waals surface area contributed by atoms with Crippen molar-refractivity contribution >= 4 is 44.1 Å². The lowest BCUT2D eigenvalue weighted by molar-refractivity contribution is -0.116. The standard InChI is InChI=1S/C17H14N4O4S/c22-16-6-7-26(24,25)21(16)14-3-1-2-11(8-14)17(23)19-13-5-4-12-10-18-20-15(12)9-13/h1-5,8-10H,6-7H2,(H,18,20)(H,19,23). The van der Waals surface area contributed by atoms with E-state index >= 15 is 0 Å². The number of amides is 2. The van der Waals surface area contributed by atoms with Crippen LogP contribution in [0.4, 0.5) is 11.4 Å². The first-order valence-electron chi connectivity index (χ1n) is 7.84. The second kappa shape index (κ2) is 5.95. The fourth-order valence-electron chi connectivity index (χ4n) is 2.86. The Labute approximate surface area is 148 Å². The molecule has 132 valence electrons. The number of aromatic amines is 1. The normalized spacial score (nSPS) is 16.2. The molecule has 2 aromatic carbocycles. The first-order valence-corrected chi connectivity index (χ1v) is 9.45. The molecule has 8 nitrogen and oxygen atoms in total. The van der Waals surface area contributed by atoms with E-state index in [1.54, 1.807) is 30.5 Å². The summed E-state index contributed by atoms with van der Waals surface area (Å²) in [6.45, 7) is 0. The molecule has 0 bridgehead atoms. The van der Waals surface area contributed by atoms with Crippen LogP contribution in [0.5, 0.6) is 0 Å². The second-order valence-electron chi connectivity index (χ2n) is 5.90. The zero-order valence-electron chi connectivity index (χ0n) is 13.5. The average molecular weight is 370 g/mol. The Morgan fingerprint density at radius 2 is 2.04 bits per heavy atom. The van der Waals surface area contributed by atoms with E-state index in [4.69, 9.17) is 0 Å². The predicted molar refractivity (Wildman–Crippen MR) is 96.4 cm³/mol. The summed E-state index contributed by atoms with van der Waals surface area (Å²) in [5.74, 6) is -1.12. The minimum atomic E-state index is -3.67. The van der Waals surface area contributed by atoms with Gasteiger partial charge in [0, 0.05) is 23.1 Å². The van der Waals surface area contributed by atoms with Crippen molar-refractivity contribution in [1.29, 1.82) is 0 Å². The van der Waals surface area contributed by atoms with Crippen molar-refractivity contribution < 1.29 is 18.0 Å². The van der Waals surface area contributed by atoms with E-state index in [9.17, 15) is 18.0 Å². The molecule has 0 radical (unpaired) electrons. The number of carbonyl (C=O) groups is 2. The monoisotopic (exact) mass is 370 g/mol. The van der Waals surface area contributed by atoms with Crippen LogP contribution >= 0.6 is 0 Å². The summed E-state index contributed by atoms with van der Waals surface area (Å²) in [5.41, 5.74) is 1.78. The van der Waals surface area contributed by atoms with Crippen LogP contribution in [-0.4, -0.2) is 36.2 Å². The number of hydrogen-bond donors (Lipinski definition) is 2. The molecule has 0 unspecified atom stereocenters. The number of fused-ring (bicyclic) bond motifs is 1. The average Bonchev–Trinajstić information content (AvgIpc) is 3.18. The molecule has 26 heavy (non-hydrogen) atoms. The number of anilines is 2. The number of benzene rings is 2. The van der Waals surface area contributed by atoms with Gasteiger partial charge in [0.2, 0.25) is 15.9 Å². The highest BCUT2D eigenvalue weighted by Crippen LogP contribution is 2.26. The van der Waals surface area contributed by atoms with Gasteiger partial charge in [-0.2, -0.15) is 5.10 Å². The number of nitrogens with zero attached hydrogens (tertiary/aromatic N) is 2. The smallest absolute Gasteiger partial charge is 0.255 e. The molecule has 0 spiro atoms. The molecule has 1 fully saturated rings. The number of H-pyrrole nitrogens is 1. The summed E-state index contributed by atoms with van der Waals surface area (Å²) in [5, 5.41) is 10.4. The highest BCUT2D eigenvalue weighted by molar-refractivity contribution is 7.94. The van der Waals surface area contributed by atoms with Gasteiger partial charge in [-0.1, -0.05) is 6.07 Å². The fraction of sp³-hybridized carbons (Fsp3) is 0.118. The molecule has 2 amide bonds. The van der Waals surface area contributed by atoms with Gasteiger partial charge in [0.1, 0.15) is 0 Å². The third-order valence-corrected chi connectivity index (χ3v) is 5.81. The van der Waals surface area contributed by atoms with Crippen LogP contribution in [0.15, 0.2) is 48.7 Å². The number of carbonyl (C=O) groups excluding carboxylic acids is 2. The van der Waals surface area contributed by atoms with E-state index in [1.807, 2.05) is 6.07 Å². The molecule has 1 aliphatic heterocycles. The maximum absolute atomic E-state index is 12.5. The highest BCUT2D eigenvalue weighted by atomic mass is 32.2. The van der Waals surface area contributed by atoms with E-state index in [0.717, 1.165) is 15.2 Å². The quantitative estimate of drug-likeness (QED) is 0.731. The Morgan fingerprint density at radius 3 is 2.81 bits per heavy atom. The first-order chi connectivity index (χ1) is 12.4. The fourth-order valence-corrected chi connectivity index (χ4v) is 4.31. The molecular weight excluding hydrogens is 356 g/mol. The first kappa shape index (κ1) is 16.3. The molecule has 2 heterocycles. The Kier molecular flexibility index (Phi) is 3.73. The lowest BCUT2D eigenvalue weighted by Crippen LogP contribution is -2.29. The lowest BCUT2D eigenvalue weighted by atomic mass is 10.1. The molecule has 0 atom stereocenters. The third kappa shape index (κ3) is 2.82. The topological polar surface area (TPSA) is 112 Å². The largest absolute Gasteiger partial charge is 0.322 e.